The van der Waals surface area contributed by atoms with Gasteiger partial charge in [0.15, 0.2) is 5.66 Å². The van der Waals surface area contributed by atoms with Crippen molar-refractivity contribution in [2.45, 2.75) is 11.8 Å². The molecule has 0 bridgehead atoms. The number of nitrogens with zero attached hydrogens (tertiary/aromatic N) is 1. The molecule has 0 fully saturated rings. The van der Waals surface area contributed by atoms with Crippen LogP contribution in [0.5, 0.6) is 0 Å². The van der Waals surface area contributed by atoms with Gasteiger partial charge < -0.3 is 5.32 Å². The first kappa shape index (κ1) is 12.6. The van der Waals surface area contributed by atoms with Crippen LogP contribution in [0.15, 0.2) is 35.5 Å². The van der Waals surface area contributed by atoms with E-state index in [0.717, 1.165) is 6.07 Å². The van der Waals surface area contributed by atoms with Crippen molar-refractivity contribution >= 4 is 6.34 Å². The first-order valence-electron chi connectivity index (χ1n) is 4.96. The van der Waals surface area contributed by atoms with Crippen LogP contribution in [0.4, 0.5) is 17.6 Å². The Kier molecular flexibility index (Phi) is 2.86. The van der Waals surface area contributed by atoms with Gasteiger partial charge in [-0.15, -0.1) is 0 Å². The zero-order chi connectivity index (χ0) is 13.4. The summed E-state index contributed by atoms with van der Waals surface area (Å²) in [5.41, 5.74) is 3.12. The van der Waals surface area contributed by atoms with Crippen molar-refractivity contribution in [2.75, 3.05) is 0 Å². The highest BCUT2D eigenvalue weighted by atomic mass is 19.4. The summed E-state index contributed by atoms with van der Waals surface area (Å²) in [6, 6.07) is 2.58. The average molecular weight is 259 g/mol. The normalized spacial score (nSPS) is 22.9. The Morgan fingerprint density at radius 1 is 1.28 bits per heavy atom. The number of hydrogen-bond donors (Lipinski definition) is 2. The third-order valence-corrected chi connectivity index (χ3v) is 2.52. The zero-order valence-corrected chi connectivity index (χ0v) is 9.00. The van der Waals surface area contributed by atoms with Crippen LogP contribution in [-0.2, 0) is 11.8 Å². The highest BCUT2D eigenvalue weighted by molar-refractivity contribution is 5.59. The number of nitrogens with one attached hydrogen (secondary N) is 1. The molecule has 0 radical (unpaired) electrons. The highest BCUT2D eigenvalue weighted by Crippen LogP contribution is 2.34. The number of halogens is 4. The fourth-order valence-electron chi connectivity index (χ4n) is 1.57. The summed E-state index contributed by atoms with van der Waals surface area (Å²) in [6.07, 6.45) is -0.669. The van der Waals surface area contributed by atoms with E-state index in [2.05, 4.69) is 10.3 Å². The molecule has 1 aromatic rings. The summed E-state index contributed by atoms with van der Waals surface area (Å²) in [6.45, 7) is 0. The standard InChI is InChI=1S/C11H9F4N3/c12-9-2-1-7(5-8(9)11(13,14)15)10(16)3-4-17-6-18-10/h1-6H,16H2,(H,17,18). The smallest absolute Gasteiger partial charge is 0.353 e. The van der Waals surface area contributed by atoms with Crippen molar-refractivity contribution in [3.05, 3.63) is 47.4 Å². The third-order valence-electron chi connectivity index (χ3n) is 2.52. The van der Waals surface area contributed by atoms with Gasteiger partial charge in [-0.25, -0.2) is 9.38 Å². The van der Waals surface area contributed by atoms with E-state index in [1.54, 1.807) is 0 Å². The van der Waals surface area contributed by atoms with E-state index in [-0.39, 0.29) is 5.56 Å². The molecular weight excluding hydrogens is 250 g/mol. The first-order valence-corrected chi connectivity index (χ1v) is 4.96. The maximum absolute atomic E-state index is 13.1. The number of hydrogen-bond acceptors (Lipinski definition) is 3. The Bertz CT molecular complexity index is 508. The molecule has 0 amide bonds. The van der Waals surface area contributed by atoms with Crippen molar-refractivity contribution in [1.29, 1.82) is 0 Å². The van der Waals surface area contributed by atoms with E-state index in [0.29, 0.717) is 6.07 Å². The van der Waals surface area contributed by atoms with Crippen LogP contribution in [0.1, 0.15) is 11.1 Å². The van der Waals surface area contributed by atoms with E-state index in [9.17, 15) is 17.6 Å². The van der Waals surface area contributed by atoms with Crippen molar-refractivity contribution in [2.24, 2.45) is 10.7 Å². The molecule has 1 heterocycles. The Hall–Kier alpha value is -1.89. The predicted octanol–water partition coefficient (Wildman–Crippen LogP) is 2.10. The van der Waals surface area contributed by atoms with Crippen molar-refractivity contribution < 1.29 is 17.6 Å². The summed E-state index contributed by atoms with van der Waals surface area (Å²) >= 11 is 0. The Balaban J connectivity index is 2.51. The molecule has 1 aliphatic rings. The second-order valence-corrected chi connectivity index (χ2v) is 3.78. The molecule has 0 saturated heterocycles. The molecule has 18 heavy (non-hydrogen) atoms. The molecule has 3 nitrogen and oxygen atoms in total. The predicted molar refractivity (Wildman–Crippen MR) is 58.0 cm³/mol. The minimum atomic E-state index is -4.77. The van der Waals surface area contributed by atoms with Crippen LogP contribution in [0.2, 0.25) is 0 Å². The molecule has 2 rings (SSSR count). The van der Waals surface area contributed by atoms with Crippen molar-refractivity contribution in [3.63, 3.8) is 0 Å². The molecule has 1 aliphatic heterocycles. The molecule has 1 unspecified atom stereocenters. The quantitative estimate of drug-likeness (QED) is 0.759. The topological polar surface area (TPSA) is 50.4 Å². The lowest BCUT2D eigenvalue weighted by Crippen LogP contribution is -2.36. The molecule has 1 atom stereocenters. The summed E-state index contributed by atoms with van der Waals surface area (Å²) in [7, 11) is 0. The Morgan fingerprint density at radius 2 is 2.00 bits per heavy atom. The molecule has 0 spiro atoms. The van der Waals surface area contributed by atoms with Gasteiger partial charge in [-0.3, -0.25) is 5.73 Å². The maximum Gasteiger partial charge on any atom is 0.419 e. The van der Waals surface area contributed by atoms with E-state index in [1.165, 1.54) is 24.7 Å². The van der Waals surface area contributed by atoms with Gasteiger partial charge in [-0.1, -0.05) is 6.07 Å². The van der Waals surface area contributed by atoms with Crippen LogP contribution in [0.25, 0.3) is 0 Å². The van der Waals surface area contributed by atoms with E-state index < -0.39 is 23.2 Å². The minimum Gasteiger partial charge on any atom is -0.353 e. The fourth-order valence-corrected chi connectivity index (χ4v) is 1.57. The Morgan fingerprint density at radius 3 is 2.56 bits per heavy atom. The third kappa shape index (κ3) is 2.21. The van der Waals surface area contributed by atoms with Gasteiger partial charge >= 0.3 is 6.18 Å². The average Bonchev–Trinajstić information content (AvgIpc) is 2.28. The molecule has 0 aliphatic carbocycles. The zero-order valence-electron chi connectivity index (χ0n) is 9.00. The molecule has 96 valence electrons. The van der Waals surface area contributed by atoms with Crippen molar-refractivity contribution in [3.8, 4) is 0 Å². The number of benzene rings is 1. The SMILES string of the molecule is NC1(c2ccc(F)c(C(F)(F)F)c2)C=CNC=N1. The monoisotopic (exact) mass is 259 g/mol. The van der Waals surface area contributed by atoms with E-state index in [1.807, 2.05) is 0 Å². The van der Waals surface area contributed by atoms with Crippen LogP contribution < -0.4 is 11.1 Å². The Labute approximate surface area is 100 Å². The molecule has 7 heteroatoms. The number of alkyl halides is 3. The van der Waals surface area contributed by atoms with E-state index in [4.69, 9.17) is 5.73 Å². The van der Waals surface area contributed by atoms with Gasteiger partial charge in [-0.05, 0) is 23.8 Å². The lowest BCUT2D eigenvalue weighted by molar-refractivity contribution is -0.140. The van der Waals surface area contributed by atoms with Crippen molar-refractivity contribution in [1.82, 2.24) is 5.32 Å². The van der Waals surface area contributed by atoms with E-state index >= 15 is 0 Å². The first-order chi connectivity index (χ1) is 8.33. The minimum absolute atomic E-state index is 0.0604. The number of nitrogens with two attached hydrogens (primary N) is 1. The maximum atomic E-state index is 13.1. The fraction of sp³-hybridized carbons (Fsp3) is 0.182. The molecular formula is C11H9F4N3. The van der Waals surface area contributed by atoms with Gasteiger partial charge in [0.05, 0.1) is 11.9 Å². The van der Waals surface area contributed by atoms with Crippen LogP contribution >= 0.6 is 0 Å². The summed E-state index contributed by atoms with van der Waals surface area (Å²) < 4.78 is 50.8. The largest absolute Gasteiger partial charge is 0.419 e. The summed E-state index contributed by atoms with van der Waals surface area (Å²) in [4.78, 5) is 3.85. The van der Waals surface area contributed by atoms with Crippen LogP contribution in [0.3, 0.4) is 0 Å². The van der Waals surface area contributed by atoms with Gasteiger partial charge in [0, 0.05) is 6.20 Å². The number of aliphatic imine (C=N–C) groups is 1. The van der Waals surface area contributed by atoms with Gasteiger partial charge in [0.2, 0.25) is 0 Å². The van der Waals surface area contributed by atoms with Gasteiger partial charge in [0.1, 0.15) is 5.82 Å². The second kappa shape index (κ2) is 4.09. The van der Waals surface area contributed by atoms with Crippen LogP contribution in [-0.4, -0.2) is 6.34 Å². The summed E-state index contributed by atoms with van der Waals surface area (Å²) in [5.74, 6) is -1.34. The lowest BCUT2D eigenvalue weighted by Gasteiger charge is -2.24. The molecule has 3 N–H and O–H groups in total. The summed E-state index contributed by atoms with van der Waals surface area (Å²) in [5, 5.41) is 2.62. The molecule has 0 aromatic heterocycles. The highest BCUT2D eigenvalue weighted by Gasteiger charge is 2.36. The second-order valence-electron chi connectivity index (χ2n) is 3.78. The van der Waals surface area contributed by atoms with Gasteiger partial charge in [0.25, 0.3) is 0 Å². The number of rotatable bonds is 1. The van der Waals surface area contributed by atoms with Gasteiger partial charge in [-0.2, -0.15) is 13.2 Å². The molecule has 0 saturated carbocycles. The lowest BCUT2D eigenvalue weighted by atomic mass is 9.97. The van der Waals surface area contributed by atoms with Crippen LogP contribution in [0, 0.1) is 5.82 Å². The molecule has 1 aromatic carbocycles.